The van der Waals surface area contributed by atoms with Crippen LogP contribution in [0.25, 0.3) is 16.8 Å². The molecule has 1 aliphatic carbocycles. The van der Waals surface area contributed by atoms with Gasteiger partial charge in [0.15, 0.2) is 12.2 Å². The minimum absolute atomic E-state index is 0.317. The van der Waals surface area contributed by atoms with Crippen LogP contribution >= 0.6 is 11.6 Å². The lowest BCUT2D eigenvalue weighted by atomic mass is 9.85. The molecule has 0 amide bonds. The lowest BCUT2D eigenvalue weighted by Gasteiger charge is -2.24. The molecule has 1 atom stereocenters. The maximum absolute atomic E-state index is 6.33. The largest absolute Gasteiger partial charge is 0.213 e. The number of alkyl halides is 1. The Morgan fingerprint density at radius 1 is 1.00 bits per heavy atom. The zero-order valence-electron chi connectivity index (χ0n) is 14.6. The molecular formula is C23H23ClN+. The Balaban J connectivity index is 1.84. The van der Waals surface area contributed by atoms with Crippen molar-refractivity contribution in [1.29, 1.82) is 0 Å². The SMILES string of the molecule is CC1=CC=CC=C(c2cccc3c2CC(CCl)[n+]2ccccc2-3)CC1. The lowest BCUT2D eigenvalue weighted by molar-refractivity contribution is -0.709. The Morgan fingerprint density at radius 2 is 1.84 bits per heavy atom. The van der Waals surface area contributed by atoms with E-state index in [1.54, 1.807) is 0 Å². The molecule has 1 aromatic heterocycles. The number of halogens is 1. The van der Waals surface area contributed by atoms with E-state index in [1.165, 1.54) is 33.5 Å². The zero-order valence-corrected chi connectivity index (χ0v) is 15.3. The van der Waals surface area contributed by atoms with Gasteiger partial charge in [-0.2, -0.15) is 4.57 Å². The Labute approximate surface area is 155 Å². The van der Waals surface area contributed by atoms with Crippen LogP contribution in [-0.4, -0.2) is 5.88 Å². The molecule has 1 aromatic carbocycles. The standard InChI is InChI=1S/C23H23ClN/c1-17-7-2-3-8-18(13-12-17)20-9-6-10-21-22(20)15-19(16-24)25-14-5-4-11-23(21)25/h2-11,14,19H,12-13,15-16H2,1H3/q+1. The van der Waals surface area contributed by atoms with Gasteiger partial charge >= 0.3 is 0 Å². The van der Waals surface area contributed by atoms with Crippen molar-refractivity contribution in [3.8, 4) is 11.3 Å². The second-order valence-corrected chi connectivity index (χ2v) is 7.24. The number of rotatable bonds is 2. The number of aromatic nitrogens is 1. The Morgan fingerprint density at radius 3 is 2.72 bits per heavy atom. The normalized spacial score (nSPS) is 19.2. The molecule has 126 valence electrons. The number of fused-ring (bicyclic) bond motifs is 3. The summed E-state index contributed by atoms with van der Waals surface area (Å²) < 4.78 is 2.33. The predicted octanol–water partition coefficient (Wildman–Crippen LogP) is 5.66. The molecule has 1 aliphatic heterocycles. The number of hydrogen-bond donors (Lipinski definition) is 0. The van der Waals surface area contributed by atoms with Crippen LogP contribution in [0.1, 0.15) is 36.9 Å². The van der Waals surface area contributed by atoms with Crippen molar-refractivity contribution in [1.82, 2.24) is 0 Å². The maximum Gasteiger partial charge on any atom is 0.213 e. The summed E-state index contributed by atoms with van der Waals surface area (Å²) in [4.78, 5) is 0. The number of nitrogens with zero attached hydrogens (tertiary/aromatic N) is 1. The third-order valence-corrected chi connectivity index (χ3v) is 5.63. The highest BCUT2D eigenvalue weighted by Gasteiger charge is 2.32. The van der Waals surface area contributed by atoms with Crippen molar-refractivity contribution in [3.63, 3.8) is 0 Å². The average molecular weight is 349 g/mol. The second-order valence-electron chi connectivity index (χ2n) is 6.93. The van der Waals surface area contributed by atoms with Crippen molar-refractivity contribution in [3.05, 3.63) is 83.6 Å². The van der Waals surface area contributed by atoms with Crippen LogP contribution in [0.15, 0.2) is 72.5 Å². The lowest BCUT2D eigenvalue weighted by Crippen LogP contribution is -2.46. The third-order valence-electron chi connectivity index (χ3n) is 5.28. The van der Waals surface area contributed by atoms with Crippen molar-refractivity contribution in [2.24, 2.45) is 0 Å². The summed E-state index contributed by atoms with van der Waals surface area (Å²) in [5.41, 5.74) is 8.32. The molecule has 0 bridgehead atoms. The van der Waals surface area contributed by atoms with E-state index in [4.69, 9.17) is 11.6 Å². The highest BCUT2D eigenvalue weighted by atomic mass is 35.5. The topological polar surface area (TPSA) is 3.88 Å². The summed E-state index contributed by atoms with van der Waals surface area (Å²) in [6.07, 6.45) is 14.2. The van der Waals surface area contributed by atoms with Crippen molar-refractivity contribution in [2.45, 2.75) is 32.2 Å². The van der Waals surface area contributed by atoms with E-state index in [-0.39, 0.29) is 0 Å². The zero-order chi connectivity index (χ0) is 17.2. The summed E-state index contributed by atoms with van der Waals surface area (Å²) in [7, 11) is 0. The van der Waals surface area contributed by atoms with Crippen LogP contribution in [0.4, 0.5) is 0 Å². The van der Waals surface area contributed by atoms with E-state index in [9.17, 15) is 0 Å². The fraction of sp³-hybridized carbons (Fsp3) is 0.261. The molecule has 1 unspecified atom stereocenters. The quantitative estimate of drug-likeness (QED) is 0.487. The first kappa shape index (κ1) is 16.4. The molecule has 2 heteroatoms. The Bertz CT molecular complexity index is 889. The van der Waals surface area contributed by atoms with Crippen LogP contribution < -0.4 is 4.57 Å². The van der Waals surface area contributed by atoms with E-state index >= 15 is 0 Å². The number of hydrogen-bond acceptors (Lipinski definition) is 0. The molecule has 0 spiro atoms. The van der Waals surface area contributed by atoms with Gasteiger partial charge in [-0.3, -0.25) is 0 Å². The number of pyridine rings is 1. The fourth-order valence-electron chi connectivity index (χ4n) is 3.93. The summed E-state index contributed by atoms with van der Waals surface area (Å²) in [6.45, 7) is 2.21. The molecule has 0 radical (unpaired) electrons. The van der Waals surface area contributed by atoms with Crippen LogP contribution in [-0.2, 0) is 6.42 Å². The average Bonchev–Trinajstić information content (AvgIpc) is 2.64. The van der Waals surface area contributed by atoms with E-state index < -0.39 is 0 Å². The van der Waals surface area contributed by atoms with Crippen molar-refractivity contribution >= 4 is 17.2 Å². The van der Waals surface area contributed by atoms with Gasteiger partial charge in [-0.1, -0.05) is 42.0 Å². The van der Waals surface area contributed by atoms with Gasteiger partial charge in [0.05, 0.1) is 11.4 Å². The van der Waals surface area contributed by atoms with Gasteiger partial charge < -0.3 is 0 Å². The minimum Gasteiger partial charge on any atom is -0.194 e. The fourth-order valence-corrected chi connectivity index (χ4v) is 4.19. The van der Waals surface area contributed by atoms with Crippen LogP contribution in [0.3, 0.4) is 0 Å². The van der Waals surface area contributed by atoms with Crippen molar-refractivity contribution in [2.75, 3.05) is 5.88 Å². The summed E-state index contributed by atoms with van der Waals surface area (Å²) >= 11 is 6.33. The highest BCUT2D eigenvalue weighted by molar-refractivity contribution is 6.18. The monoisotopic (exact) mass is 348 g/mol. The van der Waals surface area contributed by atoms with Crippen LogP contribution in [0, 0.1) is 0 Å². The first-order valence-corrected chi connectivity index (χ1v) is 9.53. The first-order valence-electron chi connectivity index (χ1n) is 8.99. The molecule has 25 heavy (non-hydrogen) atoms. The molecule has 0 saturated heterocycles. The van der Waals surface area contributed by atoms with Gasteiger partial charge in [0.2, 0.25) is 5.69 Å². The van der Waals surface area contributed by atoms with Gasteiger partial charge in [0.1, 0.15) is 0 Å². The van der Waals surface area contributed by atoms with Crippen LogP contribution in [0.5, 0.6) is 0 Å². The molecule has 2 aromatic rings. The van der Waals surface area contributed by atoms with E-state index in [2.05, 4.69) is 78.4 Å². The molecule has 2 heterocycles. The van der Waals surface area contributed by atoms with Crippen LogP contribution in [0.2, 0.25) is 0 Å². The van der Waals surface area contributed by atoms with Gasteiger partial charge in [-0.15, -0.1) is 11.6 Å². The molecule has 1 nitrogen and oxygen atoms in total. The Kier molecular flexibility index (Phi) is 4.59. The van der Waals surface area contributed by atoms with Gasteiger partial charge in [-0.05, 0) is 48.6 Å². The summed E-state index contributed by atoms with van der Waals surface area (Å²) in [5, 5.41) is 0. The first-order chi connectivity index (χ1) is 12.3. The van der Waals surface area contributed by atoms with Gasteiger partial charge in [-0.25, -0.2) is 0 Å². The van der Waals surface area contributed by atoms with Gasteiger partial charge in [0, 0.05) is 18.6 Å². The molecule has 0 fully saturated rings. The number of allylic oxidation sites excluding steroid dienone is 6. The molecule has 0 saturated carbocycles. The smallest absolute Gasteiger partial charge is 0.194 e. The Hall–Kier alpha value is -2.12. The second kappa shape index (κ2) is 7.01. The molecule has 2 aliphatic rings. The van der Waals surface area contributed by atoms with E-state index in [1.807, 2.05) is 0 Å². The predicted molar refractivity (Wildman–Crippen MR) is 106 cm³/mol. The minimum atomic E-state index is 0.317. The maximum atomic E-state index is 6.33. The van der Waals surface area contributed by atoms with Gasteiger partial charge in [0.25, 0.3) is 0 Å². The van der Waals surface area contributed by atoms with E-state index in [0.29, 0.717) is 11.9 Å². The third kappa shape index (κ3) is 3.09. The molecule has 4 rings (SSSR count). The molecule has 0 N–H and O–H groups in total. The highest BCUT2D eigenvalue weighted by Crippen LogP contribution is 2.36. The summed E-state index contributed by atoms with van der Waals surface area (Å²) in [5.74, 6) is 0.635. The number of benzene rings is 1. The van der Waals surface area contributed by atoms with E-state index in [0.717, 1.165) is 19.3 Å². The van der Waals surface area contributed by atoms with Crippen molar-refractivity contribution < 1.29 is 4.57 Å². The molecular weight excluding hydrogens is 326 g/mol. The summed E-state index contributed by atoms with van der Waals surface area (Å²) in [6, 6.07) is 13.5.